The van der Waals surface area contributed by atoms with Crippen molar-refractivity contribution in [3.8, 4) is 17.2 Å². The number of hydrogen-bond donors (Lipinski definition) is 0. The zero-order chi connectivity index (χ0) is 25.1. The monoisotopic (exact) mass is 490 g/mol. The summed E-state index contributed by atoms with van der Waals surface area (Å²) in [6.07, 6.45) is 12.0. The lowest BCUT2D eigenvalue weighted by molar-refractivity contribution is -0.135. The van der Waals surface area contributed by atoms with Gasteiger partial charge in [-0.05, 0) is 74.3 Å². The number of fused-ring (bicyclic) bond motifs is 1. The SMILES string of the molecule is C=Cc1cc(-c2cc(C#N)c(N3CCN(C(=O)C4CC4)C(C4CC4)C3)nc2C2CC2)c2ccncc2n1. The van der Waals surface area contributed by atoms with E-state index in [0.717, 1.165) is 78.0 Å². The van der Waals surface area contributed by atoms with Gasteiger partial charge in [-0.15, -0.1) is 0 Å². The molecule has 0 aromatic carbocycles. The number of nitrogens with zero attached hydrogens (tertiary/aromatic N) is 6. The second-order valence-electron chi connectivity index (χ2n) is 11.0. The predicted octanol–water partition coefficient (Wildman–Crippen LogP) is 4.92. The van der Waals surface area contributed by atoms with Gasteiger partial charge in [0.1, 0.15) is 11.9 Å². The van der Waals surface area contributed by atoms with E-state index in [2.05, 4.69) is 32.4 Å². The Labute approximate surface area is 216 Å². The van der Waals surface area contributed by atoms with Crippen LogP contribution in [0.5, 0.6) is 0 Å². The van der Waals surface area contributed by atoms with Crippen LogP contribution in [0.4, 0.5) is 5.82 Å². The molecule has 1 saturated heterocycles. The maximum absolute atomic E-state index is 13.0. The van der Waals surface area contributed by atoms with Gasteiger partial charge in [0.05, 0.1) is 34.7 Å². The van der Waals surface area contributed by atoms with Crippen LogP contribution >= 0.6 is 0 Å². The molecule has 4 fully saturated rings. The molecule has 186 valence electrons. The Morgan fingerprint density at radius 1 is 1.08 bits per heavy atom. The molecule has 1 aliphatic heterocycles. The maximum atomic E-state index is 13.0. The van der Waals surface area contributed by atoms with Gasteiger partial charge in [0.2, 0.25) is 5.91 Å². The van der Waals surface area contributed by atoms with Crippen LogP contribution in [0.15, 0.2) is 37.2 Å². The average molecular weight is 491 g/mol. The third-order valence-corrected chi connectivity index (χ3v) is 8.34. The van der Waals surface area contributed by atoms with E-state index in [-0.39, 0.29) is 12.0 Å². The molecule has 3 aliphatic carbocycles. The van der Waals surface area contributed by atoms with Gasteiger partial charge in [0, 0.05) is 48.6 Å². The Morgan fingerprint density at radius 3 is 2.62 bits per heavy atom. The fourth-order valence-corrected chi connectivity index (χ4v) is 5.88. The standard InChI is InChI=1S/C30H30N6O/c1-2-22-14-24(23-9-10-32-16-26(23)33-22)25-13-21(15-31)29(34-28(25)19-5-6-19)35-11-12-36(30(37)20-7-8-20)27(17-35)18-3-4-18/h2,9-10,13-14,16,18-20,27H,1,3-8,11-12,17H2. The lowest BCUT2D eigenvalue weighted by atomic mass is 9.95. The summed E-state index contributed by atoms with van der Waals surface area (Å²) in [4.78, 5) is 31.6. The molecular formula is C30H30N6O. The second kappa shape index (κ2) is 8.65. The first-order valence-corrected chi connectivity index (χ1v) is 13.5. The van der Waals surface area contributed by atoms with E-state index in [1.165, 1.54) is 12.8 Å². The molecule has 0 radical (unpaired) electrons. The minimum absolute atomic E-state index is 0.228. The molecular weight excluding hydrogens is 460 g/mol. The fraction of sp³-hybridized carbons (Fsp3) is 0.433. The molecule has 4 aliphatic rings. The third-order valence-electron chi connectivity index (χ3n) is 8.34. The van der Waals surface area contributed by atoms with Crippen LogP contribution in [0.3, 0.4) is 0 Å². The number of amides is 1. The van der Waals surface area contributed by atoms with Gasteiger partial charge in [0.15, 0.2) is 0 Å². The van der Waals surface area contributed by atoms with Crippen molar-refractivity contribution in [2.75, 3.05) is 24.5 Å². The van der Waals surface area contributed by atoms with E-state index >= 15 is 0 Å². The summed E-state index contributed by atoms with van der Waals surface area (Å²) in [6, 6.07) is 8.75. The number of hydrogen-bond acceptors (Lipinski definition) is 6. The van der Waals surface area contributed by atoms with Crippen molar-refractivity contribution in [2.45, 2.75) is 50.5 Å². The van der Waals surface area contributed by atoms with Gasteiger partial charge in [-0.2, -0.15) is 5.26 Å². The highest BCUT2D eigenvalue weighted by molar-refractivity contribution is 5.96. The number of pyridine rings is 3. The van der Waals surface area contributed by atoms with E-state index in [0.29, 0.717) is 29.9 Å². The molecule has 3 saturated carbocycles. The molecule has 7 heteroatoms. The highest BCUT2D eigenvalue weighted by atomic mass is 16.2. The molecule has 7 rings (SSSR count). The molecule has 0 spiro atoms. The van der Waals surface area contributed by atoms with E-state index < -0.39 is 0 Å². The van der Waals surface area contributed by atoms with Crippen molar-refractivity contribution in [3.63, 3.8) is 0 Å². The van der Waals surface area contributed by atoms with E-state index in [9.17, 15) is 10.1 Å². The Balaban J connectivity index is 1.30. The van der Waals surface area contributed by atoms with E-state index in [4.69, 9.17) is 4.98 Å². The number of nitriles is 1. The average Bonchev–Trinajstić information content (AvgIpc) is 3.80. The number of anilines is 1. The summed E-state index contributed by atoms with van der Waals surface area (Å²) < 4.78 is 0. The summed E-state index contributed by atoms with van der Waals surface area (Å²) in [5.41, 5.74) is 5.27. The van der Waals surface area contributed by atoms with Gasteiger partial charge in [-0.1, -0.05) is 6.58 Å². The van der Waals surface area contributed by atoms with Crippen LogP contribution in [0.2, 0.25) is 0 Å². The first-order chi connectivity index (χ1) is 18.1. The van der Waals surface area contributed by atoms with Gasteiger partial charge in [-0.25, -0.2) is 9.97 Å². The zero-order valence-electron chi connectivity index (χ0n) is 20.9. The van der Waals surface area contributed by atoms with Crippen LogP contribution in [-0.2, 0) is 4.79 Å². The summed E-state index contributed by atoms with van der Waals surface area (Å²) in [5, 5.41) is 11.3. The van der Waals surface area contributed by atoms with E-state index in [1.54, 1.807) is 18.5 Å². The highest BCUT2D eigenvalue weighted by Crippen LogP contribution is 2.47. The molecule has 3 aromatic rings. The molecule has 1 atom stereocenters. The smallest absolute Gasteiger partial charge is 0.226 e. The summed E-state index contributed by atoms with van der Waals surface area (Å²) >= 11 is 0. The van der Waals surface area contributed by atoms with Crippen LogP contribution in [-0.4, -0.2) is 51.4 Å². The second-order valence-corrected chi connectivity index (χ2v) is 11.0. The Bertz CT molecular complexity index is 1460. The lowest BCUT2D eigenvalue weighted by Crippen LogP contribution is -2.57. The number of carbonyl (C=O) groups excluding carboxylic acids is 1. The van der Waals surface area contributed by atoms with Crippen molar-refractivity contribution >= 4 is 28.7 Å². The van der Waals surface area contributed by atoms with Crippen LogP contribution in [0.1, 0.15) is 61.4 Å². The number of piperazine rings is 1. The number of carbonyl (C=O) groups is 1. The third kappa shape index (κ3) is 4.05. The van der Waals surface area contributed by atoms with Crippen LogP contribution in [0.25, 0.3) is 28.1 Å². The minimum Gasteiger partial charge on any atom is -0.352 e. The number of rotatable bonds is 6. The summed E-state index contributed by atoms with van der Waals surface area (Å²) in [5.74, 6) is 2.34. The van der Waals surface area contributed by atoms with Crippen molar-refractivity contribution in [2.24, 2.45) is 11.8 Å². The quantitative estimate of drug-likeness (QED) is 0.487. The molecule has 3 aromatic heterocycles. The molecule has 4 heterocycles. The van der Waals surface area contributed by atoms with Crippen molar-refractivity contribution in [3.05, 3.63) is 54.1 Å². The molecule has 37 heavy (non-hydrogen) atoms. The normalized spacial score (nSPS) is 21.6. The molecule has 0 bridgehead atoms. The Hall–Kier alpha value is -3.79. The van der Waals surface area contributed by atoms with Crippen molar-refractivity contribution in [1.82, 2.24) is 19.9 Å². The topological polar surface area (TPSA) is 86.0 Å². The number of aromatic nitrogens is 3. The predicted molar refractivity (Wildman–Crippen MR) is 143 cm³/mol. The van der Waals surface area contributed by atoms with Crippen LogP contribution in [0, 0.1) is 23.2 Å². The van der Waals surface area contributed by atoms with Gasteiger partial charge in [-0.3, -0.25) is 9.78 Å². The summed E-state index contributed by atoms with van der Waals surface area (Å²) in [7, 11) is 0. The molecule has 0 N–H and O–H groups in total. The lowest BCUT2D eigenvalue weighted by Gasteiger charge is -2.43. The Kier molecular flexibility index (Phi) is 5.24. The maximum Gasteiger partial charge on any atom is 0.226 e. The first-order valence-electron chi connectivity index (χ1n) is 13.5. The molecule has 1 unspecified atom stereocenters. The minimum atomic E-state index is 0.228. The van der Waals surface area contributed by atoms with Gasteiger partial charge >= 0.3 is 0 Å². The largest absolute Gasteiger partial charge is 0.352 e. The fourth-order valence-electron chi connectivity index (χ4n) is 5.88. The molecule has 1 amide bonds. The zero-order valence-corrected chi connectivity index (χ0v) is 20.9. The molecule has 7 nitrogen and oxygen atoms in total. The van der Waals surface area contributed by atoms with Crippen LogP contribution < -0.4 is 4.90 Å². The van der Waals surface area contributed by atoms with Gasteiger partial charge in [0.25, 0.3) is 0 Å². The van der Waals surface area contributed by atoms with E-state index in [1.807, 2.05) is 18.2 Å². The highest BCUT2D eigenvalue weighted by Gasteiger charge is 2.45. The van der Waals surface area contributed by atoms with Gasteiger partial charge < -0.3 is 9.80 Å². The van der Waals surface area contributed by atoms with Crippen molar-refractivity contribution < 1.29 is 4.79 Å². The summed E-state index contributed by atoms with van der Waals surface area (Å²) in [6.45, 7) is 6.12. The first kappa shape index (κ1) is 22.4. The Morgan fingerprint density at radius 2 is 1.92 bits per heavy atom. The van der Waals surface area contributed by atoms with Crippen molar-refractivity contribution in [1.29, 1.82) is 5.26 Å².